The number of aryl methyl sites for hydroxylation is 1. The number of aliphatic hydroxyl groups excluding tert-OH is 1. The van der Waals surface area contributed by atoms with Crippen molar-refractivity contribution >= 4 is 23.2 Å². The number of morpholine rings is 1. The van der Waals surface area contributed by atoms with E-state index < -0.39 is 6.10 Å². The summed E-state index contributed by atoms with van der Waals surface area (Å²) < 4.78 is 10.8. The number of esters is 1. The summed E-state index contributed by atoms with van der Waals surface area (Å²) in [5.41, 5.74) is 2.08. The van der Waals surface area contributed by atoms with E-state index in [1.165, 1.54) is 11.3 Å². The summed E-state index contributed by atoms with van der Waals surface area (Å²) in [6.45, 7) is 7.23. The Morgan fingerprint density at radius 3 is 2.62 bits per heavy atom. The van der Waals surface area contributed by atoms with Crippen LogP contribution in [0.2, 0.25) is 0 Å². The highest BCUT2D eigenvalue weighted by Crippen LogP contribution is 2.35. The van der Waals surface area contributed by atoms with Crippen molar-refractivity contribution < 1.29 is 24.2 Å². The highest BCUT2D eigenvalue weighted by Gasteiger charge is 2.36. The van der Waals surface area contributed by atoms with Gasteiger partial charge in [-0.15, -0.1) is 11.3 Å². The number of unbranched alkanes of at least 4 members (excludes halogenated alkanes) is 2. The summed E-state index contributed by atoms with van der Waals surface area (Å²) in [4.78, 5) is 30.6. The summed E-state index contributed by atoms with van der Waals surface area (Å²) in [7, 11) is 0. The van der Waals surface area contributed by atoms with Crippen LogP contribution >= 0.6 is 11.3 Å². The first-order chi connectivity index (χ1) is 18.0. The van der Waals surface area contributed by atoms with Gasteiger partial charge in [0.2, 0.25) is 5.91 Å². The van der Waals surface area contributed by atoms with Gasteiger partial charge in [0, 0.05) is 31.1 Å². The quantitative estimate of drug-likeness (QED) is 0.216. The van der Waals surface area contributed by atoms with Crippen molar-refractivity contribution in [3.05, 3.63) is 57.3 Å². The van der Waals surface area contributed by atoms with Gasteiger partial charge in [0.15, 0.2) is 0 Å². The zero-order valence-electron chi connectivity index (χ0n) is 21.9. The molecular weight excluding hydrogens is 488 g/mol. The lowest BCUT2D eigenvalue weighted by Gasteiger charge is -2.41. The van der Waals surface area contributed by atoms with Gasteiger partial charge >= 0.3 is 5.97 Å². The predicted molar refractivity (Wildman–Crippen MR) is 145 cm³/mol. The van der Waals surface area contributed by atoms with Gasteiger partial charge in [-0.1, -0.05) is 50.5 Å². The van der Waals surface area contributed by atoms with Gasteiger partial charge in [-0.3, -0.25) is 9.69 Å². The molecule has 37 heavy (non-hydrogen) atoms. The fourth-order valence-corrected chi connectivity index (χ4v) is 5.88. The van der Waals surface area contributed by atoms with Crippen molar-refractivity contribution in [2.24, 2.45) is 0 Å². The molecule has 2 saturated heterocycles. The molecule has 1 aromatic carbocycles. The van der Waals surface area contributed by atoms with Gasteiger partial charge in [0.1, 0.15) is 11.5 Å². The third-order valence-electron chi connectivity index (χ3n) is 7.28. The Bertz CT molecular complexity index is 1000. The molecule has 1 unspecified atom stereocenters. The molecule has 4 rings (SSSR count). The second-order valence-electron chi connectivity index (χ2n) is 9.94. The number of thiophene rings is 1. The molecule has 7 nitrogen and oxygen atoms in total. The highest BCUT2D eigenvalue weighted by molar-refractivity contribution is 7.13. The largest absolute Gasteiger partial charge is 0.460 e. The smallest absolute Gasteiger partial charge is 0.348 e. The average molecular weight is 529 g/mol. The Kier molecular flexibility index (Phi) is 10.5. The average Bonchev–Trinajstić information content (AvgIpc) is 3.39. The lowest BCUT2D eigenvalue weighted by Crippen LogP contribution is -2.46. The monoisotopic (exact) mass is 528 g/mol. The number of amides is 1. The topological polar surface area (TPSA) is 79.3 Å². The molecule has 0 aliphatic carbocycles. The molecule has 2 aromatic rings. The third kappa shape index (κ3) is 7.87. The van der Waals surface area contributed by atoms with Crippen molar-refractivity contribution in [3.63, 3.8) is 0 Å². The van der Waals surface area contributed by atoms with Crippen LogP contribution in [0.25, 0.3) is 0 Å². The summed E-state index contributed by atoms with van der Waals surface area (Å²) >= 11 is 1.48. The first kappa shape index (κ1) is 27.8. The summed E-state index contributed by atoms with van der Waals surface area (Å²) in [5.74, 6) is -0.0779. The number of ether oxygens (including phenoxy) is 2. The van der Waals surface area contributed by atoms with Crippen molar-refractivity contribution in [3.8, 4) is 0 Å². The number of likely N-dealkylation sites (tertiary alicyclic amines) is 1. The molecule has 2 fully saturated rings. The van der Waals surface area contributed by atoms with Gasteiger partial charge in [0.25, 0.3) is 0 Å². The zero-order valence-corrected chi connectivity index (χ0v) is 22.7. The number of carbonyl (C=O) groups excluding carboxylic acids is 2. The zero-order chi connectivity index (χ0) is 26.0. The second-order valence-corrected chi connectivity index (χ2v) is 11.1. The minimum absolute atomic E-state index is 0.110. The molecule has 1 N–H and O–H groups in total. The lowest BCUT2D eigenvalue weighted by atomic mass is 9.92. The molecular formula is C29H40N2O5S. The van der Waals surface area contributed by atoms with E-state index in [-0.39, 0.29) is 17.9 Å². The van der Waals surface area contributed by atoms with Gasteiger partial charge in [-0.25, -0.2) is 4.79 Å². The first-order valence-corrected chi connectivity index (χ1v) is 14.5. The van der Waals surface area contributed by atoms with Crippen LogP contribution in [0.15, 0.2) is 36.4 Å². The lowest BCUT2D eigenvalue weighted by molar-refractivity contribution is -0.146. The summed E-state index contributed by atoms with van der Waals surface area (Å²) in [6, 6.07) is 12.0. The van der Waals surface area contributed by atoms with Crippen molar-refractivity contribution in [1.82, 2.24) is 9.80 Å². The number of hydrogen-bond donors (Lipinski definition) is 1. The fourth-order valence-electron chi connectivity index (χ4n) is 4.94. The Balaban J connectivity index is 1.19. The summed E-state index contributed by atoms with van der Waals surface area (Å²) in [5, 5.41) is 10.4. The number of carbonyl (C=O) groups is 2. The standard InChI is InChI=1S/C29H40N2O5S/c1-2-3-4-7-26(32)23-10-8-22(9-11-23)25-21-28(33)31(25)14-5-6-24-12-13-27(37-24)29(34)36-20-17-30-15-18-35-19-16-30/h8-13,25-26,32H,2-7,14-21H2,1H3/t25-,26?/m1/s1. The van der Waals surface area contributed by atoms with Crippen LogP contribution in [-0.2, 0) is 20.7 Å². The summed E-state index contributed by atoms with van der Waals surface area (Å²) in [6.07, 6.45) is 5.90. The predicted octanol–water partition coefficient (Wildman–Crippen LogP) is 4.76. The molecule has 8 heteroatoms. The van der Waals surface area contributed by atoms with Gasteiger partial charge in [-0.05, 0) is 42.5 Å². The third-order valence-corrected chi connectivity index (χ3v) is 8.41. The maximum Gasteiger partial charge on any atom is 0.348 e. The van der Waals surface area contributed by atoms with Crippen LogP contribution < -0.4 is 0 Å². The van der Waals surface area contributed by atoms with E-state index in [2.05, 4.69) is 24.0 Å². The SMILES string of the molecule is CCCCCC(O)c1ccc([C@H]2CC(=O)N2CCCc2ccc(C(=O)OCCN3CCOCC3)s2)cc1. The highest BCUT2D eigenvalue weighted by atomic mass is 32.1. The molecule has 0 spiro atoms. The van der Waals surface area contributed by atoms with E-state index in [9.17, 15) is 14.7 Å². The van der Waals surface area contributed by atoms with E-state index in [4.69, 9.17) is 9.47 Å². The molecule has 2 atom stereocenters. The van der Waals surface area contributed by atoms with Gasteiger partial charge in [0.05, 0.1) is 31.8 Å². The van der Waals surface area contributed by atoms with E-state index in [0.29, 0.717) is 24.4 Å². The minimum atomic E-state index is -0.419. The van der Waals surface area contributed by atoms with E-state index in [1.54, 1.807) is 0 Å². The number of aliphatic hydroxyl groups is 1. The minimum Gasteiger partial charge on any atom is -0.460 e. The maximum absolute atomic E-state index is 12.4. The fraction of sp³-hybridized carbons (Fsp3) is 0.586. The normalized spacial score (nSPS) is 19.0. The molecule has 1 aromatic heterocycles. The van der Waals surface area contributed by atoms with Crippen molar-refractivity contribution in [2.45, 2.75) is 64.0 Å². The number of benzene rings is 1. The molecule has 0 saturated carbocycles. The number of rotatable bonds is 14. The molecule has 202 valence electrons. The number of nitrogens with zero attached hydrogens (tertiary/aromatic N) is 2. The van der Waals surface area contributed by atoms with E-state index in [0.717, 1.165) is 87.4 Å². The van der Waals surface area contributed by atoms with Crippen LogP contribution in [0.3, 0.4) is 0 Å². The van der Waals surface area contributed by atoms with Gasteiger partial charge in [-0.2, -0.15) is 0 Å². The first-order valence-electron chi connectivity index (χ1n) is 13.7. The van der Waals surface area contributed by atoms with Crippen LogP contribution in [0.5, 0.6) is 0 Å². The van der Waals surface area contributed by atoms with Crippen LogP contribution in [0, 0.1) is 0 Å². The molecule has 1 amide bonds. The van der Waals surface area contributed by atoms with Crippen molar-refractivity contribution in [2.75, 3.05) is 46.0 Å². The van der Waals surface area contributed by atoms with Gasteiger partial charge < -0.3 is 19.5 Å². The molecule has 3 heterocycles. The Hall–Kier alpha value is -2.26. The number of β-lactam (4-membered cyclic amide) rings is 1. The molecule has 0 radical (unpaired) electrons. The van der Waals surface area contributed by atoms with E-state index >= 15 is 0 Å². The maximum atomic E-state index is 12.4. The molecule has 2 aliphatic rings. The second kappa shape index (κ2) is 14.0. The van der Waals surface area contributed by atoms with Crippen LogP contribution in [0.4, 0.5) is 0 Å². The van der Waals surface area contributed by atoms with Crippen LogP contribution in [-0.4, -0.2) is 72.8 Å². The molecule has 0 bridgehead atoms. The molecule has 2 aliphatic heterocycles. The van der Waals surface area contributed by atoms with Crippen LogP contribution in [0.1, 0.15) is 83.3 Å². The van der Waals surface area contributed by atoms with Crippen molar-refractivity contribution in [1.29, 1.82) is 0 Å². The Morgan fingerprint density at radius 1 is 1.11 bits per heavy atom. The Morgan fingerprint density at radius 2 is 1.89 bits per heavy atom. The number of hydrogen-bond acceptors (Lipinski definition) is 7. The van der Waals surface area contributed by atoms with E-state index in [1.807, 2.05) is 29.2 Å². The Labute approximate surface area is 224 Å².